The molecule has 0 spiro atoms. The van der Waals surface area contributed by atoms with Crippen molar-refractivity contribution < 1.29 is 69.3 Å². The molecule has 2 aromatic rings. The summed E-state index contributed by atoms with van der Waals surface area (Å²) in [6.45, 7) is -1.66. The van der Waals surface area contributed by atoms with E-state index in [-0.39, 0.29) is 29.2 Å². The van der Waals surface area contributed by atoms with E-state index in [9.17, 15) is 45.6 Å². The lowest BCUT2D eigenvalue weighted by Gasteiger charge is -2.40. The fourth-order valence-electron chi connectivity index (χ4n) is 4.77. The molecule has 9 atom stereocenters. The third-order valence-electron chi connectivity index (χ3n) is 7.16. The lowest BCUT2D eigenvalue weighted by Crippen LogP contribution is -2.60. The highest BCUT2D eigenvalue weighted by molar-refractivity contribution is 6.02. The highest BCUT2D eigenvalue weighted by Gasteiger charge is 2.50. The molecule has 3 aliphatic rings. The number of phenols is 2. The second kappa shape index (κ2) is 11.1. The summed E-state index contributed by atoms with van der Waals surface area (Å²) in [6.07, 6.45) is -11.8. The molecule has 2 aromatic carbocycles. The number of ketones is 1. The van der Waals surface area contributed by atoms with Crippen LogP contribution in [0.15, 0.2) is 36.4 Å². The Kier molecular flexibility index (Phi) is 7.89. The maximum Gasteiger partial charge on any atom is 0.229 e. The summed E-state index contributed by atoms with van der Waals surface area (Å²) < 4.78 is 27.7. The van der Waals surface area contributed by atoms with Crippen molar-refractivity contribution in [1.29, 1.82) is 0 Å². The molecule has 2 fully saturated rings. The van der Waals surface area contributed by atoms with Crippen molar-refractivity contribution in [3.63, 3.8) is 0 Å². The zero-order valence-electron chi connectivity index (χ0n) is 20.9. The first kappa shape index (κ1) is 28.5. The number of hydrogen-bond donors (Lipinski definition) is 8. The molecule has 0 saturated carbocycles. The molecule has 8 N–H and O–H groups in total. The van der Waals surface area contributed by atoms with Gasteiger partial charge in [-0.1, -0.05) is 12.1 Å². The number of aliphatic hydroxyl groups excluding tert-OH is 5. The van der Waals surface area contributed by atoms with E-state index < -0.39 is 86.2 Å². The van der Waals surface area contributed by atoms with Crippen molar-refractivity contribution in [3.05, 3.63) is 47.5 Å². The zero-order valence-corrected chi connectivity index (χ0v) is 20.9. The number of aliphatic hydroxyl groups is 6. The van der Waals surface area contributed by atoms with Crippen LogP contribution >= 0.6 is 0 Å². The Morgan fingerprint density at radius 2 is 1.70 bits per heavy atom. The molecule has 3 aliphatic heterocycles. The van der Waals surface area contributed by atoms with Crippen LogP contribution in [0.2, 0.25) is 0 Å². The number of aromatic hydroxyl groups is 2. The van der Waals surface area contributed by atoms with E-state index in [1.54, 1.807) is 12.1 Å². The van der Waals surface area contributed by atoms with Crippen molar-refractivity contribution >= 4 is 5.78 Å². The van der Waals surface area contributed by atoms with Crippen LogP contribution in [0.5, 0.6) is 23.0 Å². The molecule has 0 amide bonds. The SMILES string of the molecule is O=C1CC(c2ccc(O)cc2)Oc2cc(OC3OC(COC4OC[C@](O)(CO)C4O)C(O)C(O)C3O)cc(O)c21. The monoisotopic (exact) mass is 566 g/mol. The number of benzene rings is 2. The molecule has 8 unspecified atom stereocenters. The van der Waals surface area contributed by atoms with E-state index in [0.29, 0.717) is 5.56 Å². The van der Waals surface area contributed by atoms with E-state index >= 15 is 0 Å². The third kappa shape index (κ3) is 5.33. The van der Waals surface area contributed by atoms with Crippen LogP contribution in [0.3, 0.4) is 0 Å². The summed E-state index contributed by atoms with van der Waals surface area (Å²) in [6, 6.07) is 8.50. The van der Waals surface area contributed by atoms with Gasteiger partial charge in [-0.15, -0.1) is 0 Å². The summed E-state index contributed by atoms with van der Waals surface area (Å²) in [7, 11) is 0. The molecule has 218 valence electrons. The molecule has 3 heterocycles. The molecular formula is C26H30O14. The molecule has 0 aromatic heterocycles. The minimum atomic E-state index is -1.93. The molecular weight excluding hydrogens is 536 g/mol. The normalized spacial score (nSPS) is 35.7. The number of fused-ring (bicyclic) bond motifs is 1. The van der Waals surface area contributed by atoms with Gasteiger partial charge in [-0.3, -0.25) is 4.79 Å². The van der Waals surface area contributed by atoms with Crippen LogP contribution in [0.4, 0.5) is 0 Å². The Hall–Kier alpha value is -3.05. The number of phenolic OH excluding ortho intramolecular Hbond substituents is 2. The van der Waals surface area contributed by atoms with Crippen molar-refractivity contribution in [2.24, 2.45) is 0 Å². The Labute approximate surface area is 227 Å². The van der Waals surface area contributed by atoms with Gasteiger partial charge in [-0.25, -0.2) is 0 Å². The summed E-state index contributed by atoms with van der Waals surface area (Å²) in [5.74, 6) is -0.891. The quantitative estimate of drug-likeness (QED) is 0.190. The van der Waals surface area contributed by atoms with Crippen molar-refractivity contribution in [1.82, 2.24) is 0 Å². The lowest BCUT2D eigenvalue weighted by molar-refractivity contribution is -0.289. The van der Waals surface area contributed by atoms with E-state index in [0.717, 1.165) is 6.07 Å². The lowest BCUT2D eigenvalue weighted by atomic mass is 9.95. The van der Waals surface area contributed by atoms with Gasteiger partial charge in [0, 0.05) is 12.1 Å². The minimum Gasteiger partial charge on any atom is -0.508 e. The molecule has 0 bridgehead atoms. The van der Waals surface area contributed by atoms with Gasteiger partial charge in [-0.2, -0.15) is 0 Å². The first-order valence-corrected chi connectivity index (χ1v) is 12.5. The number of hydrogen-bond acceptors (Lipinski definition) is 14. The predicted molar refractivity (Wildman–Crippen MR) is 130 cm³/mol. The van der Waals surface area contributed by atoms with Gasteiger partial charge >= 0.3 is 0 Å². The predicted octanol–water partition coefficient (Wildman–Crippen LogP) is -1.55. The fraction of sp³-hybridized carbons (Fsp3) is 0.500. The van der Waals surface area contributed by atoms with Crippen LogP contribution in [-0.2, 0) is 14.2 Å². The smallest absolute Gasteiger partial charge is 0.229 e. The Balaban J connectivity index is 1.30. The van der Waals surface area contributed by atoms with Gasteiger partial charge in [0.1, 0.15) is 70.8 Å². The number of ether oxygens (including phenoxy) is 5. The highest BCUT2D eigenvalue weighted by atomic mass is 16.7. The topological polar surface area (TPSA) is 225 Å². The number of carbonyl (C=O) groups excluding carboxylic acids is 1. The number of rotatable bonds is 7. The third-order valence-corrected chi connectivity index (χ3v) is 7.16. The van der Waals surface area contributed by atoms with Crippen LogP contribution < -0.4 is 9.47 Å². The summed E-state index contributed by atoms with van der Waals surface area (Å²) in [4.78, 5) is 12.8. The molecule has 14 heteroatoms. The Morgan fingerprint density at radius 3 is 2.38 bits per heavy atom. The van der Waals surface area contributed by atoms with E-state index in [2.05, 4.69) is 0 Å². The van der Waals surface area contributed by atoms with Crippen molar-refractivity contribution in [2.75, 3.05) is 19.8 Å². The average Bonchev–Trinajstić information content (AvgIpc) is 3.21. The summed E-state index contributed by atoms with van der Waals surface area (Å²) in [5, 5.41) is 80.8. The Bertz CT molecular complexity index is 1220. The molecule has 40 heavy (non-hydrogen) atoms. The summed E-state index contributed by atoms with van der Waals surface area (Å²) in [5.41, 5.74) is -1.38. The van der Waals surface area contributed by atoms with Gasteiger partial charge in [0.2, 0.25) is 6.29 Å². The second-order valence-corrected chi connectivity index (χ2v) is 9.99. The second-order valence-electron chi connectivity index (χ2n) is 9.99. The van der Waals surface area contributed by atoms with E-state index in [1.807, 2.05) is 0 Å². The van der Waals surface area contributed by atoms with Crippen molar-refractivity contribution in [3.8, 4) is 23.0 Å². The van der Waals surface area contributed by atoms with Gasteiger partial charge in [-0.05, 0) is 17.7 Å². The van der Waals surface area contributed by atoms with E-state index in [1.165, 1.54) is 18.2 Å². The fourth-order valence-corrected chi connectivity index (χ4v) is 4.77. The summed E-state index contributed by atoms with van der Waals surface area (Å²) >= 11 is 0. The van der Waals surface area contributed by atoms with Crippen LogP contribution in [0.25, 0.3) is 0 Å². The van der Waals surface area contributed by atoms with Gasteiger partial charge in [0.05, 0.1) is 26.2 Å². The first-order valence-electron chi connectivity index (χ1n) is 12.5. The minimum absolute atomic E-state index is 0.00108. The number of carbonyl (C=O) groups is 1. The van der Waals surface area contributed by atoms with Crippen LogP contribution in [-0.4, -0.2) is 115 Å². The Morgan fingerprint density at radius 1 is 0.975 bits per heavy atom. The highest BCUT2D eigenvalue weighted by Crippen LogP contribution is 2.42. The molecule has 14 nitrogen and oxygen atoms in total. The van der Waals surface area contributed by atoms with Gasteiger partial charge in [0.15, 0.2) is 12.1 Å². The molecule has 5 rings (SSSR count). The largest absolute Gasteiger partial charge is 0.508 e. The molecule has 2 saturated heterocycles. The van der Waals surface area contributed by atoms with Gasteiger partial charge in [0.25, 0.3) is 0 Å². The first-order chi connectivity index (χ1) is 19.0. The standard InChI is InChI=1S/C26H30O14/c27-9-26(35)10-37-25(23(26)34)36-8-18-20(31)21(32)22(33)24(40-18)38-13-5-14(29)19-15(30)7-16(39-17(19)6-13)11-1-3-12(28)4-2-11/h1-6,16,18,20-25,27-29,31-35H,7-10H2/t16?,18?,20?,21?,22?,23?,24?,25?,26-/m1/s1. The van der Waals surface area contributed by atoms with Crippen molar-refractivity contribution in [2.45, 2.75) is 61.2 Å². The maximum atomic E-state index is 12.8. The maximum absolute atomic E-state index is 12.8. The van der Waals surface area contributed by atoms with Gasteiger partial charge < -0.3 is 64.5 Å². The van der Waals surface area contributed by atoms with Crippen LogP contribution in [0.1, 0.15) is 28.4 Å². The van der Waals surface area contributed by atoms with E-state index in [4.69, 9.17) is 23.7 Å². The van der Waals surface area contributed by atoms with Crippen LogP contribution in [0, 0.1) is 0 Å². The number of Topliss-reactive ketones (excluding diaryl/α,β-unsaturated/α-hetero) is 1. The molecule has 0 aliphatic carbocycles. The zero-order chi connectivity index (χ0) is 28.8. The molecule has 0 radical (unpaired) electrons. The average molecular weight is 567 g/mol.